The first-order valence-corrected chi connectivity index (χ1v) is 14.3. The molecule has 5 rings (SSSR count). The highest BCUT2D eigenvalue weighted by molar-refractivity contribution is 8.00. The Morgan fingerprint density at radius 1 is 1.33 bits per heavy atom. The van der Waals surface area contributed by atoms with Crippen molar-refractivity contribution in [1.29, 1.82) is 0 Å². The zero-order chi connectivity index (χ0) is 31.2. The lowest BCUT2D eigenvalue weighted by Crippen LogP contribution is -2.71. The highest BCUT2D eigenvalue weighted by atomic mass is 35.5. The fourth-order valence-corrected chi connectivity index (χ4v) is 6.52. The number of β-lactam (4-membered cyclic amide) rings is 1. The smallest absolute Gasteiger partial charge is 0.347 e. The number of thioether (sulfide) groups is 1. The first-order chi connectivity index (χ1) is 20.3. The van der Waals surface area contributed by atoms with Gasteiger partial charge in [0.2, 0.25) is 6.10 Å². The molecule has 3 aromatic heterocycles. The third kappa shape index (κ3) is 5.68. The van der Waals surface area contributed by atoms with Gasteiger partial charge in [0.05, 0.1) is 17.2 Å². The van der Waals surface area contributed by atoms with Gasteiger partial charge in [-0.1, -0.05) is 28.1 Å². The number of nitrogens with two attached hydrogens (primary N) is 1. The van der Waals surface area contributed by atoms with Gasteiger partial charge in [0.25, 0.3) is 11.8 Å². The third-order valence-electron chi connectivity index (χ3n) is 6.31. The van der Waals surface area contributed by atoms with Crippen LogP contribution in [-0.4, -0.2) is 77.7 Å². The van der Waals surface area contributed by atoms with Crippen LogP contribution < -0.4 is 31.8 Å². The van der Waals surface area contributed by atoms with Crippen molar-refractivity contribution in [2.75, 3.05) is 11.5 Å². The van der Waals surface area contributed by atoms with Crippen molar-refractivity contribution in [3.05, 3.63) is 60.5 Å². The number of aromatic amines is 2. The van der Waals surface area contributed by atoms with Crippen molar-refractivity contribution in [1.82, 2.24) is 25.2 Å². The van der Waals surface area contributed by atoms with Gasteiger partial charge in [-0.05, 0) is 6.92 Å². The van der Waals surface area contributed by atoms with E-state index in [0.29, 0.717) is 16.6 Å². The number of thiazole rings is 1. The van der Waals surface area contributed by atoms with Crippen molar-refractivity contribution >= 4 is 80.3 Å². The van der Waals surface area contributed by atoms with E-state index in [2.05, 4.69) is 25.4 Å². The maximum absolute atomic E-state index is 13.2. The Morgan fingerprint density at radius 3 is 2.65 bits per heavy atom. The lowest BCUT2D eigenvalue weighted by atomic mass is 10.0. The van der Waals surface area contributed by atoms with Crippen LogP contribution in [0.5, 0.6) is 0 Å². The van der Waals surface area contributed by atoms with Gasteiger partial charge in [-0.25, -0.2) is 9.78 Å². The first kappa shape index (κ1) is 29.7. The quantitative estimate of drug-likeness (QED) is 0.0529. The highest BCUT2D eigenvalue weighted by Gasteiger charge is 2.53. The molecule has 17 nitrogen and oxygen atoms in total. The Balaban J connectivity index is 1.38. The number of pyridine rings is 1. The number of nitrogen functional groups attached to an aromatic ring is 1. The lowest BCUT2D eigenvalue weighted by molar-refractivity contribution is -0.687. The number of carbonyl (C=O) groups is 4. The molecule has 0 aliphatic carbocycles. The predicted molar refractivity (Wildman–Crippen MR) is 149 cm³/mol. The summed E-state index contributed by atoms with van der Waals surface area (Å²) in [4.78, 5) is 87.6. The second-order valence-electron chi connectivity index (χ2n) is 9.15. The molecule has 6 N–H and O–H groups in total. The summed E-state index contributed by atoms with van der Waals surface area (Å²) in [6.45, 7) is 1.17. The number of aromatic nitrogens is 4. The topological polar surface area (TPSA) is 257 Å². The molecule has 3 aromatic rings. The van der Waals surface area contributed by atoms with Crippen molar-refractivity contribution in [2.45, 2.75) is 31.0 Å². The number of carboxylic acids is 2. The number of aliphatic carboxylic acids is 2. The summed E-state index contributed by atoms with van der Waals surface area (Å²) in [6, 6.07) is 0.327. The molecule has 1 saturated heterocycles. The van der Waals surface area contributed by atoms with Crippen LogP contribution in [0.1, 0.15) is 12.6 Å². The number of amides is 2. The Kier molecular flexibility index (Phi) is 7.95. The summed E-state index contributed by atoms with van der Waals surface area (Å²) >= 11 is 8.12. The molecule has 43 heavy (non-hydrogen) atoms. The van der Waals surface area contributed by atoms with Crippen LogP contribution >= 0.6 is 34.7 Å². The number of hydrogen-bond donors (Lipinski definition) is 5. The number of nitrogens with one attached hydrogen (secondary N) is 3. The Labute approximate surface area is 252 Å². The van der Waals surface area contributed by atoms with E-state index >= 15 is 0 Å². The van der Waals surface area contributed by atoms with E-state index in [-0.39, 0.29) is 33.2 Å². The van der Waals surface area contributed by atoms with E-state index in [4.69, 9.17) is 27.3 Å². The fourth-order valence-electron chi connectivity index (χ4n) is 4.26. The van der Waals surface area contributed by atoms with E-state index in [1.807, 2.05) is 0 Å². The molecule has 224 valence electrons. The fraction of sp³-hybridized carbons (Fsp3) is 0.261. The number of fused-ring (bicyclic) bond motifs is 2. The molecule has 5 heterocycles. The highest BCUT2D eigenvalue weighted by Crippen LogP contribution is 2.40. The molecule has 3 atom stereocenters. The number of anilines is 1. The largest absolute Gasteiger partial charge is 0.543 e. The van der Waals surface area contributed by atoms with Crippen molar-refractivity contribution in [3.8, 4) is 0 Å². The molecule has 0 bridgehead atoms. The minimum absolute atomic E-state index is 0.000585. The van der Waals surface area contributed by atoms with E-state index in [1.54, 1.807) is 10.8 Å². The van der Waals surface area contributed by atoms with E-state index in [0.717, 1.165) is 16.2 Å². The second kappa shape index (κ2) is 11.5. The molecule has 0 aromatic carbocycles. The van der Waals surface area contributed by atoms with Crippen LogP contribution in [0.3, 0.4) is 0 Å². The Morgan fingerprint density at radius 2 is 2.02 bits per heavy atom. The SMILES string of the molecule is C[C@H](O/N=C(\C(=O)N[C@@H]1C(=O)N2C(C(=O)[O-])=C(C[n+]3ccc4[nH]c(=O)c(=O)[nH]c4c3)CSC12)c1nc(N)sc1Cl)C(=O)O. The van der Waals surface area contributed by atoms with Crippen LogP contribution in [0.15, 0.2) is 44.5 Å². The van der Waals surface area contributed by atoms with Crippen LogP contribution in [0.25, 0.3) is 11.0 Å². The molecule has 0 spiro atoms. The van der Waals surface area contributed by atoms with Crippen LogP contribution in [0.4, 0.5) is 5.13 Å². The molecule has 1 unspecified atom stereocenters. The summed E-state index contributed by atoms with van der Waals surface area (Å²) in [6.07, 6.45) is 1.61. The van der Waals surface area contributed by atoms with Crippen molar-refractivity contribution in [3.63, 3.8) is 0 Å². The normalized spacial score (nSPS) is 19.1. The Bertz CT molecular complexity index is 1880. The zero-order valence-electron chi connectivity index (χ0n) is 21.7. The van der Waals surface area contributed by atoms with Crippen molar-refractivity contribution in [2.24, 2.45) is 5.16 Å². The summed E-state index contributed by atoms with van der Waals surface area (Å²) in [5.74, 6) is -4.59. The average Bonchev–Trinajstić information content (AvgIpc) is 3.28. The number of H-pyrrole nitrogens is 2. The number of halogens is 1. The summed E-state index contributed by atoms with van der Waals surface area (Å²) in [7, 11) is 0. The molecular formula is C23H19ClN8O9S2. The van der Waals surface area contributed by atoms with Gasteiger partial charge in [0.15, 0.2) is 29.8 Å². The number of carboxylic acid groups (broad SMARTS) is 2. The van der Waals surface area contributed by atoms with Gasteiger partial charge in [-0.3, -0.25) is 24.1 Å². The Hall–Kier alpha value is -4.75. The van der Waals surface area contributed by atoms with Crippen LogP contribution in [0.2, 0.25) is 4.34 Å². The predicted octanol–water partition coefficient (Wildman–Crippen LogP) is -2.51. The maximum atomic E-state index is 13.2. The van der Waals surface area contributed by atoms with Gasteiger partial charge in [0.1, 0.15) is 27.0 Å². The maximum Gasteiger partial charge on any atom is 0.347 e. The zero-order valence-corrected chi connectivity index (χ0v) is 24.0. The van der Waals surface area contributed by atoms with Gasteiger partial charge in [-0.15, -0.1) is 11.8 Å². The van der Waals surface area contributed by atoms with Gasteiger partial charge in [-0.2, -0.15) is 4.57 Å². The number of rotatable bonds is 9. The minimum atomic E-state index is -1.61. The molecule has 0 saturated carbocycles. The molecule has 2 amide bonds. The molecule has 2 aliphatic rings. The molecule has 2 aliphatic heterocycles. The molecule has 0 radical (unpaired) electrons. The van der Waals surface area contributed by atoms with E-state index < -0.39 is 58.1 Å². The second-order valence-corrected chi connectivity index (χ2v) is 11.9. The number of carbonyl (C=O) groups excluding carboxylic acids is 3. The van der Waals surface area contributed by atoms with Crippen molar-refractivity contribution < 1.29 is 38.8 Å². The van der Waals surface area contributed by atoms with Gasteiger partial charge < -0.3 is 40.9 Å². The van der Waals surface area contributed by atoms with Crippen LogP contribution in [0, 0.1) is 0 Å². The third-order valence-corrected chi connectivity index (χ3v) is 8.74. The van der Waals surface area contributed by atoms with E-state index in [1.165, 1.54) is 30.9 Å². The monoisotopic (exact) mass is 650 g/mol. The molecule has 20 heteroatoms. The average molecular weight is 651 g/mol. The summed E-state index contributed by atoms with van der Waals surface area (Å²) < 4.78 is 1.52. The van der Waals surface area contributed by atoms with Gasteiger partial charge in [0, 0.05) is 17.4 Å². The van der Waals surface area contributed by atoms with E-state index in [9.17, 15) is 33.9 Å². The standard InChI is InChI=1S/C23H19ClN8O9S2/c1-7(21(37)38)41-30-12(11-15(24)43-23(25)29-11)16(33)28-13-19(36)32-14(22(39)40)8(6-42-20(13)32)4-31-3-2-9-10(5-31)27-18(35)17(34)26-9/h2-3,5,7,13,20H,4,6H2,1H3,(H6,25,27,28,29,33,35,37,38,39,40)/b30-12-/t7-,13+,20?/m0/s1. The van der Waals surface area contributed by atoms with Crippen LogP contribution in [-0.2, 0) is 30.6 Å². The number of hydrogen-bond acceptors (Lipinski definition) is 13. The number of nitrogens with zero attached hydrogens (tertiary/aromatic N) is 4. The molecule has 1 fully saturated rings. The molecular weight excluding hydrogens is 632 g/mol. The summed E-state index contributed by atoms with van der Waals surface area (Å²) in [5, 5.41) is 26.5. The first-order valence-electron chi connectivity index (χ1n) is 12.1. The van der Waals surface area contributed by atoms with Gasteiger partial charge >= 0.3 is 17.1 Å². The number of oxime groups is 1. The minimum Gasteiger partial charge on any atom is -0.543 e. The lowest BCUT2D eigenvalue weighted by Gasteiger charge is -2.50. The summed E-state index contributed by atoms with van der Waals surface area (Å²) in [5.41, 5.74) is 3.85.